The molecule has 4 bridgehead atoms. The highest BCUT2D eigenvalue weighted by atomic mass is 35.5. The molecule has 0 saturated carbocycles. The number of alkyl carbamates (subject to hydrolysis) is 1. The van der Waals surface area contributed by atoms with Gasteiger partial charge in [0.25, 0.3) is 0 Å². The number of thioether (sulfide) groups is 1. The monoisotopic (exact) mass is 779 g/mol. The number of methoxy groups -OCH3 is 2. The van der Waals surface area contributed by atoms with Crippen molar-refractivity contribution in [2.75, 3.05) is 39.5 Å². The summed E-state index contributed by atoms with van der Waals surface area (Å²) in [6.45, 7) is 11.7. The van der Waals surface area contributed by atoms with E-state index in [0.29, 0.717) is 48.6 Å². The number of amides is 3. The van der Waals surface area contributed by atoms with Gasteiger partial charge in [-0.1, -0.05) is 56.2 Å². The lowest BCUT2D eigenvalue weighted by molar-refractivity contribution is -0.148. The van der Waals surface area contributed by atoms with Crippen molar-refractivity contribution in [3.8, 4) is 5.75 Å². The number of carbonyl (C=O) groups is 4. The molecule has 0 unspecified atom stereocenters. The minimum Gasteiger partial charge on any atom is -0.495 e. The first kappa shape index (κ1) is 44.1. The van der Waals surface area contributed by atoms with Crippen LogP contribution >= 0.6 is 23.4 Å². The van der Waals surface area contributed by atoms with Gasteiger partial charge in [-0.05, 0) is 64.0 Å². The molecule has 4 rings (SSSR count). The number of hydrogen-bond acceptors (Lipinski definition) is 9. The number of nitrogens with zero attached hydrogens (tertiary/aromatic N) is 2. The number of hydrogen-bond donors (Lipinski definition) is 2. The van der Waals surface area contributed by atoms with Crippen LogP contribution in [0.25, 0.3) is 0 Å². The van der Waals surface area contributed by atoms with Crippen LogP contribution in [0.2, 0.25) is 5.02 Å². The number of carboxylic acids is 1. The summed E-state index contributed by atoms with van der Waals surface area (Å²) in [4.78, 5) is 51.0. The van der Waals surface area contributed by atoms with Gasteiger partial charge in [0.2, 0.25) is 11.8 Å². The molecule has 1 aromatic rings. The molecule has 6 atom stereocenters. The largest absolute Gasteiger partial charge is 0.495 e. The fourth-order valence-electron chi connectivity index (χ4n) is 6.46. The average molecular weight is 780 g/mol. The van der Waals surface area contributed by atoms with Crippen molar-refractivity contribution in [1.29, 1.82) is 0 Å². The standard InChI is InChI=1S/C28H37ClN2O6.C11H21NO3S/c1-17-9-7-8-11-28(35-6)16-22(36-26(33)30-28)18(2)25-27(3,37-25)12-10-23(32)31(4)20-14-19(13-17)15-21(34-5)24(20)29;1-8(10(14)15)12(4)9(13)6-7-11(2,3)16-5/h7-9,14-15,18,22,25H,10-13,16H2,1-6H3,(H,30,33);8H,6-7H2,1-5H3,(H,14,15)/b8-7+,17-9+;/t18-,22+,25+,27+,28-;8-/m10/s1. The molecule has 1 aromatic carbocycles. The molecule has 2 saturated heterocycles. The summed E-state index contributed by atoms with van der Waals surface area (Å²) in [6, 6.07) is 3.08. The molecule has 0 spiro atoms. The molecule has 3 amide bonds. The minimum atomic E-state index is -0.972. The van der Waals surface area contributed by atoms with Crippen LogP contribution < -0.4 is 15.0 Å². The van der Waals surface area contributed by atoms with Gasteiger partial charge in [0, 0.05) is 57.6 Å². The Morgan fingerprint density at radius 3 is 2.55 bits per heavy atom. The number of allylic oxidation sites excluding steroid dienone is 3. The van der Waals surface area contributed by atoms with Crippen molar-refractivity contribution >= 4 is 52.9 Å². The maximum absolute atomic E-state index is 13.2. The number of nitrogens with one attached hydrogen (secondary N) is 1. The molecule has 0 radical (unpaired) electrons. The number of carboxylic acid groups (broad SMARTS) is 1. The van der Waals surface area contributed by atoms with Crippen LogP contribution in [0.4, 0.5) is 10.5 Å². The normalized spacial score (nSPS) is 28.4. The first-order valence-electron chi connectivity index (χ1n) is 17.9. The van der Waals surface area contributed by atoms with Crippen LogP contribution in [0, 0.1) is 5.92 Å². The lowest BCUT2D eigenvalue weighted by Crippen LogP contribution is -2.58. The van der Waals surface area contributed by atoms with Crippen LogP contribution in [-0.2, 0) is 35.0 Å². The van der Waals surface area contributed by atoms with E-state index in [-0.39, 0.29) is 41.1 Å². The maximum atomic E-state index is 13.2. The third-order valence-corrected chi connectivity index (χ3v) is 12.3. The van der Waals surface area contributed by atoms with E-state index < -0.39 is 29.4 Å². The average Bonchev–Trinajstić information content (AvgIpc) is 3.81. The zero-order valence-corrected chi connectivity index (χ0v) is 34.6. The Kier molecular flexibility index (Phi) is 15.3. The lowest BCUT2D eigenvalue weighted by Gasteiger charge is -2.41. The Balaban J connectivity index is 0.000000399. The second kappa shape index (κ2) is 18.4. The second-order valence-corrected chi connectivity index (χ2v) is 17.0. The van der Waals surface area contributed by atoms with Gasteiger partial charge in [0.05, 0.1) is 24.5 Å². The SMILES string of the molecule is COc1cc2cc(c1Cl)N(C)C(=O)CC[C@]1(C)O[C@H]1[C@H](C)[C@@H]1C[C@](OC)(C/C=C/C=C(\C)C2)NC(=O)O1.CSC(C)(C)CCC(=O)N(C)[C@@H](C)C(=O)O. The molecule has 3 aliphatic rings. The fraction of sp³-hybridized carbons (Fsp3) is 0.641. The van der Waals surface area contributed by atoms with E-state index >= 15 is 0 Å². The van der Waals surface area contributed by atoms with Gasteiger partial charge in [-0.3, -0.25) is 14.9 Å². The number of likely N-dealkylation sites (N-methyl/N-ethyl adjacent to an activating group) is 1. The molecular weight excluding hydrogens is 722 g/mol. The Morgan fingerprint density at radius 1 is 1.26 bits per heavy atom. The number of ether oxygens (including phenoxy) is 4. The predicted octanol–water partition coefficient (Wildman–Crippen LogP) is 7.01. The molecule has 14 heteroatoms. The van der Waals surface area contributed by atoms with Gasteiger partial charge in [-0.25, -0.2) is 9.59 Å². The van der Waals surface area contributed by atoms with E-state index in [0.717, 1.165) is 17.6 Å². The van der Waals surface area contributed by atoms with Gasteiger partial charge in [-0.2, -0.15) is 11.8 Å². The number of benzene rings is 1. The van der Waals surface area contributed by atoms with Crippen LogP contribution in [0.15, 0.2) is 35.9 Å². The molecule has 53 heavy (non-hydrogen) atoms. The van der Waals surface area contributed by atoms with Crippen molar-refractivity contribution in [2.45, 2.75) is 121 Å². The lowest BCUT2D eigenvalue weighted by atomic mass is 9.85. The third-order valence-electron chi connectivity index (χ3n) is 10.7. The molecule has 3 heterocycles. The van der Waals surface area contributed by atoms with Crippen molar-refractivity contribution in [2.24, 2.45) is 5.92 Å². The van der Waals surface area contributed by atoms with Crippen LogP contribution in [0.1, 0.15) is 85.6 Å². The highest BCUT2D eigenvalue weighted by Crippen LogP contribution is 2.48. The number of epoxide rings is 1. The number of rotatable bonds is 8. The summed E-state index contributed by atoms with van der Waals surface area (Å²) < 4.78 is 23.2. The summed E-state index contributed by atoms with van der Waals surface area (Å²) in [5.41, 5.74) is 1.37. The predicted molar refractivity (Wildman–Crippen MR) is 209 cm³/mol. The van der Waals surface area contributed by atoms with E-state index in [9.17, 15) is 19.2 Å². The molecular formula is C39H58ClN3O9S. The fourth-order valence-corrected chi connectivity index (χ4v) is 7.08. The molecule has 3 aliphatic heterocycles. The van der Waals surface area contributed by atoms with E-state index in [2.05, 4.69) is 19.2 Å². The van der Waals surface area contributed by atoms with Crippen LogP contribution in [0.3, 0.4) is 0 Å². The highest BCUT2D eigenvalue weighted by molar-refractivity contribution is 7.99. The molecule has 0 aliphatic carbocycles. The minimum absolute atomic E-state index is 0.0585. The molecule has 12 nitrogen and oxygen atoms in total. The second-order valence-electron chi connectivity index (χ2n) is 15.1. The van der Waals surface area contributed by atoms with Crippen molar-refractivity contribution in [3.05, 3.63) is 46.5 Å². The molecule has 0 aromatic heterocycles. The molecule has 2 N–H and O–H groups in total. The zero-order valence-electron chi connectivity index (χ0n) is 33.0. The zero-order chi connectivity index (χ0) is 39.9. The molecule has 2 fully saturated rings. The van der Waals surface area contributed by atoms with Crippen molar-refractivity contribution < 1.29 is 43.2 Å². The van der Waals surface area contributed by atoms with E-state index in [1.165, 1.54) is 18.9 Å². The molecule has 296 valence electrons. The number of aliphatic carboxylic acids is 1. The first-order chi connectivity index (χ1) is 24.7. The Morgan fingerprint density at radius 2 is 1.94 bits per heavy atom. The number of halogens is 1. The van der Waals surface area contributed by atoms with E-state index in [1.807, 2.05) is 57.4 Å². The maximum Gasteiger partial charge on any atom is 0.409 e. The summed E-state index contributed by atoms with van der Waals surface area (Å²) in [6.07, 6.45) is 10.6. The third kappa shape index (κ3) is 11.6. The van der Waals surface area contributed by atoms with Gasteiger partial charge >= 0.3 is 12.1 Å². The quantitative estimate of drug-likeness (QED) is 0.264. The summed E-state index contributed by atoms with van der Waals surface area (Å²) in [5.74, 6) is -0.692. The number of carbonyl (C=O) groups excluding carboxylic acids is 3. The van der Waals surface area contributed by atoms with Crippen molar-refractivity contribution in [3.63, 3.8) is 0 Å². The van der Waals surface area contributed by atoms with Gasteiger partial charge in [-0.15, -0.1) is 0 Å². The Hall–Kier alpha value is -3.26. The van der Waals surface area contributed by atoms with E-state index in [4.69, 9.17) is 35.7 Å². The van der Waals surface area contributed by atoms with Crippen LogP contribution in [-0.4, -0.2) is 103 Å². The highest BCUT2D eigenvalue weighted by Gasteiger charge is 2.58. The first-order valence-corrected chi connectivity index (χ1v) is 19.5. The van der Waals surface area contributed by atoms with Crippen molar-refractivity contribution in [1.82, 2.24) is 10.2 Å². The summed E-state index contributed by atoms with van der Waals surface area (Å²) in [7, 11) is 6.44. The van der Waals surface area contributed by atoms with Gasteiger partial charge in [0.15, 0.2) is 0 Å². The number of fused-ring (bicyclic) bond motifs is 5. The van der Waals surface area contributed by atoms with Gasteiger partial charge < -0.3 is 33.9 Å². The summed E-state index contributed by atoms with van der Waals surface area (Å²) >= 11 is 8.32. The summed E-state index contributed by atoms with van der Waals surface area (Å²) in [5, 5.41) is 12.1. The topological polar surface area (TPSA) is 147 Å². The number of anilines is 1. The van der Waals surface area contributed by atoms with Gasteiger partial charge in [0.1, 0.15) is 28.6 Å². The van der Waals surface area contributed by atoms with Crippen LogP contribution in [0.5, 0.6) is 5.75 Å². The Labute approximate surface area is 323 Å². The smallest absolute Gasteiger partial charge is 0.409 e. The van der Waals surface area contributed by atoms with E-state index in [1.54, 1.807) is 37.9 Å². The Bertz CT molecular complexity index is 1570.